The molecular formula is C23H18N4O5. The molecule has 1 N–H and O–H groups in total. The molecule has 9 heteroatoms. The predicted molar refractivity (Wildman–Crippen MR) is 117 cm³/mol. The lowest BCUT2D eigenvalue weighted by atomic mass is 10.2. The van der Waals surface area contributed by atoms with E-state index in [9.17, 15) is 20.0 Å². The van der Waals surface area contributed by atoms with Crippen LogP contribution in [0.2, 0.25) is 0 Å². The minimum absolute atomic E-state index is 0.0386. The van der Waals surface area contributed by atoms with Gasteiger partial charge in [-0.05, 0) is 17.7 Å². The molecule has 1 heterocycles. The summed E-state index contributed by atoms with van der Waals surface area (Å²) in [6, 6.07) is 22.6. The Balaban J connectivity index is 1.56. The molecule has 0 unspecified atom stereocenters. The van der Waals surface area contributed by atoms with Crippen LogP contribution in [0.25, 0.3) is 10.9 Å². The number of benzene rings is 3. The zero-order valence-electron chi connectivity index (χ0n) is 16.8. The Morgan fingerprint density at radius 2 is 1.69 bits per heavy atom. The van der Waals surface area contributed by atoms with Crippen LogP contribution in [-0.2, 0) is 11.3 Å². The van der Waals surface area contributed by atoms with Crippen LogP contribution in [0.5, 0.6) is 11.6 Å². The number of nitrogens with zero attached hydrogens (tertiary/aromatic N) is 4. The normalized spacial score (nSPS) is 11.1. The molecule has 1 amide bonds. The monoisotopic (exact) mass is 430 g/mol. The number of carbonyl (C=O) groups is 1. The highest BCUT2D eigenvalue weighted by Gasteiger charge is 2.18. The third kappa shape index (κ3) is 4.31. The Labute approximate surface area is 182 Å². The number of carbonyl (C=O) groups excluding carboxylic acids is 1. The summed E-state index contributed by atoms with van der Waals surface area (Å²) in [6.07, 6.45) is 0. The molecule has 0 aliphatic rings. The van der Waals surface area contributed by atoms with E-state index >= 15 is 0 Å². The second kappa shape index (κ2) is 9.09. The first-order valence-corrected chi connectivity index (χ1v) is 9.69. The maximum absolute atomic E-state index is 12.2. The molecule has 0 bridgehead atoms. The molecule has 0 fully saturated rings. The van der Waals surface area contributed by atoms with Gasteiger partial charge in [-0.3, -0.25) is 14.9 Å². The molecule has 0 aliphatic heterocycles. The second-order valence-corrected chi connectivity index (χ2v) is 6.87. The van der Waals surface area contributed by atoms with Gasteiger partial charge in [0.1, 0.15) is 0 Å². The Morgan fingerprint density at radius 1 is 1.00 bits per heavy atom. The number of fused-ring (bicyclic) bond motifs is 1. The standard InChI is InChI=1S/C23H18N4O5/c28-21(15-32-20-13-7-6-12-19(20)27(30)31)24-25-22-17-10-4-5-11-18(17)26(23(22)29)14-16-8-2-1-3-9-16/h1-13,29H,14-15H2. The molecule has 0 atom stereocenters. The van der Waals surface area contributed by atoms with Gasteiger partial charge < -0.3 is 14.4 Å². The fourth-order valence-corrected chi connectivity index (χ4v) is 3.30. The van der Waals surface area contributed by atoms with Crippen molar-refractivity contribution in [3.8, 4) is 11.6 Å². The first-order valence-electron chi connectivity index (χ1n) is 9.69. The van der Waals surface area contributed by atoms with E-state index in [-0.39, 0.29) is 23.0 Å². The first-order chi connectivity index (χ1) is 15.5. The molecule has 9 nitrogen and oxygen atoms in total. The summed E-state index contributed by atoms with van der Waals surface area (Å²) in [7, 11) is 0. The summed E-state index contributed by atoms with van der Waals surface area (Å²) in [5.41, 5.74) is 1.64. The summed E-state index contributed by atoms with van der Waals surface area (Å²) < 4.78 is 6.93. The maximum atomic E-state index is 12.2. The lowest BCUT2D eigenvalue weighted by Crippen LogP contribution is -2.09. The van der Waals surface area contributed by atoms with Gasteiger partial charge in [-0.25, -0.2) is 0 Å². The summed E-state index contributed by atoms with van der Waals surface area (Å²) in [5.74, 6) is -0.906. The van der Waals surface area contributed by atoms with E-state index in [1.54, 1.807) is 22.8 Å². The van der Waals surface area contributed by atoms with Gasteiger partial charge in [0.2, 0.25) is 5.88 Å². The van der Waals surface area contributed by atoms with Crippen LogP contribution >= 0.6 is 0 Å². The van der Waals surface area contributed by atoms with Gasteiger partial charge in [0, 0.05) is 11.5 Å². The van der Waals surface area contributed by atoms with E-state index in [0.29, 0.717) is 11.9 Å². The quantitative estimate of drug-likeness (QED) is 0.252. The van der Waals surface area contributed by atoms with Crippen molar-refractivity contribution in [3.05, 3.63) is 94.5 Å². The molecule has 0 saturated heterocycles. The number of hydrogen-bond donors (Lipinski definition) is 1. The number of rotatable bonds is 7. The number of nitro benzene ring substituents is 1. The smallest absolute Gasteiger partial charge is 0.310 e. The van der Waals surface area contributed by atoms with Crippen molar-refractivity contribution in [3.63, 3.8) is 0 Å². The number of para-hydroxylation sites is 3. The Morgan fingerprint density at radius 3 is 2.47 bits per heavy atom. The van der Waals surface area contributed by atoms with Crippen molar-refractivity contribution in [2.45, 2.75) is 6.54 Å². The molecule has 160 valence electrons. The van der Waals surface area contributed by atoms with E-state index in [1.807, 2.05) is 42.5 Å². The molecule has 0 radical (unpaired) electrons. The minimum Gasteiger partial charge on any atom is -0.493 e. The van der Waals surface area contributed by atoms with E-state index in [4.69, 9.17) is 4.74 Å². The minimum atomic E-state index is -0.748. The van der Waals surface area contributed by atoms with Crippen molar-refractivity contribution in [2.24, 2.45) is 10.2 Å². The number of aromatic nitrogens is 1. The number of aromatic hydroxyl groups is 1. The van der Waals surface area contributed by atoms with Crippen LogP contribution in [0.3, 0.4) is 0 Å². The van der Waals surface area contributed by atoms with Crippen LogP contribution in [0.4, 0.5) is 11.4 Å². The van der Waals surface area contributed by atoms with Crippen LogP contribution < -0.4 is 4.74 Å². The number of hydrogen-bond acceptors (Lipinski definition) is 6. The maximum Gasteiger partial charge on any atom is 0.310 e. The zero-order chi connectivity index (χ0) is 22.5. The summed E-state index contributed by atoms with van der Waals surface area (Å²) in [6.45, 7) is -0.116. The number of ether oxygens (including phenoxy) is 1. The highest BCUT2D eigenvalue weighted by Crippen LogP contribution is 2.39. The van der Waals surface area contributed by atoms with Gasteiger partial charge in [-0.15, -0.1) is 10.2 Å². The van der Waals surface area contributed by atoms with E-state index in [0.717, 1.165) is 11.1 Å². The van der Waals surface area contributed by atoms with Crippen LogP contribution in [0.1, 0.15) is 5.56 Å². The fourth-order valence-electron chi connectivity index (χ4n) is 3.30. The van der Waals surface area contributed by atoms with Crippen molar-refractivity contribution in [1.82, 2.24) is 4.57 Å². The Kier molecular flexibility index (Phi) is 5.89. The topological polar surface area (TPSA) is 119 Å². The van der Waals surface area contributed by atoms with Gasteiger partial charge in [0.25, 0.3) is 0 Å². The van der Waals surface area contributed by atoms with E-state index in [2.05, 4.69) is 10.2 Å². The van der Waals surface area contributed by atoms with Crippen molar-refractivity contribution < 1.29 is 19.6 Å². The second-order valence-electron chi connectivity index (χ2n) is 6.87. The molecule has 4 aromatic rings. The molecule has 3 aromatic carbocycles. The first kappa shape index (κ1) is 20.7. The molecule has 0 saturated carbocycles. The molecule has 0 spiro atoms. The van der Waals surface area contributed by atoms with Crippen LogP contribution in [0, 0.1) is 10.1 Å². The van der Waals surface area contributed by atoms with Crippen molar-refractivity contribution in [2.75, 3.05) is 6.61 Å². The molecule has 0 aliphatic carbocycles. The van der Waals surface area contributed by atoms with Gasteiger partial charge in [0.05, 0.1) is 17.0 Å². The van der Waals surface area contributed by atoms with Crippen LogP contribution in [0.15, 0.2) is 89.1 Å². The number of amides is 1. The zero-order valence-corrected chi connectivity index (χ0v) is 16.8. The molecule has 1 aromatic heterocycles. The average Bonchev–Trinajstić information content (AvgIpc) is 3.08. The molecule has 32 heavy (non-hydrogen) atoms. The highest BCUT2D eigenvalue weighted by molar-refractivity contribution is 5.95. The van der Waals surface area contributed by atoms with Gasteiger partial charge in [0.15, 0.2) is 18.0 Å². The SMILES string of the molecule is O=C(COc1ccccc1[N+](=O)[O-])N=Nc1c(O)n(Cc2ccccc2)c2ccccc12. The number of nitro groups is 1. The number of azo groups is 1. The van der Waals surface area contributed by atoms with Crippen molar-refractivity contribution in [1.29, 1.82) is 0 Å². The van der Waals surface area contributed by atoms with Crippen LogP contribution in [-0.4, -0.2) is 27.1 Å². The summed E-state index contributed by atoms with van der Waals surface area (Å²) in [4.78, 5) is 22.6. The summed E-state index contributed by atoms with van der Waals surface area (Å²) >= 11 is 0. The lowest BCUT2D eigenvalue weighted by Gasteiger charge is -2.06. The molecule has 4 rings (SSSR count). The Bertz CT molecular complexity index is 1310. The van der Waals surface area contributed by atoms with Gasteiger partial charge >= 0.3 is 11.6 Å². The van der Waals surface area contributed by atoms with Gasteiger partial charge in [-0.2, -0.15) is 0 Å². The third-order valence-corrected chi connectivity index (χ3v) is 4.78. The molecular weight excluding hydrogens is 412 g/mol. The lowest BCUT2D eigenvalue weighted by molar-refractivity contribution is -0.385. The third-order valence-electron chi connectivity index (χ3n) is 4.78. The largest absolute Gasteiger partial charge is 0.493 e. The highest BCUT2D eigenvalue weighted by atomic mass is 16.6. The van der Waals surface area contributed by atoms with Gasteiger partial charge in [-0.1, -0.05) is 60.7 Å². The van der Waals surface area contributed by atoms with E-state index < -0.39 is 17.4 Å². The predicted octanol–water partition coefficient (Wildman–Crippen LogP) is 4.99. The fraction of sp³-hybridized carbons (Fsp3) is 0.0870. The average molecular weight is 430 g/mol. The van der Waals surface area contributed by atoms with Crippen molar-refractivity contribution >= 4 is 28.2 Å². The Hall–Kier alpha value is -4.53. The van der Waals surface area contributed by atoms with E-state index in [1.165, 1.54) is 18.2 Å². The summed E-state index contributed by atoms with van der Waals surface area (Å²) in [5, 5.41) is 30.1.